The molecule has 0 spiro atoms. The maximum Gasteiger partial charge on any atom is 0.244 e. The highest BCUT2D eigenvalue weighted by molar-refractivity contribution is 9.10. The average molecular weight is 345 g/mol. The number of aromatic nitrogens is 1. The van der Waals surface area contributed by atoms with Gasteiger partial charge in [0.1, 0.15) is 5.76 Å². The summed E-state index contributed by atoms with van der Waals surface area (Å²) in [5, 5.41) is 3.79. The van der Waals surface area contributed by atoms with E-state index >= 15 is 0 Å². The van der Waals surface area contributed by atoms with Gasteiger partial charge >= 0.3 is 0 Å². The Morgan fingerprint density at radius 2 is 2.05 bits per heavy atom. The first-order valence-corrected chi connectivity index (χ1v) is 7.77. The van der Waals surface area contributed by atoms with E-state index in [0.717, 1.165) is 0 Å². The van der Waals surface area contributed by atoms with Crippen LogP contribution in [0, 0.1) is 6.92 Å². The lowest BCUT2D eigenvalue weighted by Crippen LogP contribution is -2.26. The molecule has 0 atom stereocenters. The molecule has 0 saturated carbocycles. The van der Waals surface area contributed by atoms with Crippen molar-refractivity contribution in [2.75, 3.05) is 7.05 Å². The van der Waals surface area contributed by atoms with Crippen LogP contribution in [0.5, 0.6) is 0 Å². The van der Waals surface area contributed by atoms with Crippen molar-refractivity contribution < 1.29 is 12.9 Å². The van der Waals surface area contributed by atoms with Crippen LogP contribution in [0.15, 0.2) is 44.2 Å². The molecule has 1 aromatic carbocycles. The summed E-state index contributed by atoms with van der Waals surface area (Å²) in [4.78, 5) is 0.234. The lowest BCUT2D eigenvalue weighted by atomic mass is 10.4. The zero-order valence-electron chi connectivity index (χ0n) is 10.5. The normalized spacial score (nSPS) is 12.0. The largest absolute Gasteiger partial charge is 0.361 e. The highest BCUT2D eigenvalue weighted by Gasteiger charge is 2.23. The van der Waals surface area contributed by atoms with Gasteiger partial charge in [0.15, 0.2) is 0 Å². The molecule has 0 amide bonds. The molecule has 0 unspecified atom stereocenters. The molecule has 0 bridgehead atoms. The summed E-state index contributed by atoms with van der Waals surface area (Å²) in [7, 11) is -2.04. The van der Waals surface area contributed by atoms with Gasteiger partial charge in [-0.05, 0) is 35.0 Å². The number of benzene rings is 1. The van der Waals surface area contributed by atoms with Crippen LogP contribution in [0.3, 0.4) is 0 Å². The molecule has 7 heteroatoms. The Labute approximate surface area is 120 Å². The molecule has 19 heavy (non-hydrogen) atoms. The number of rotatable bonds is 4. The van der Waals surface area contributed by atoms with Crippen molar-refractivity contribution in [2.45, 2.75) is 18.4 Å². The average Bonchev–Trinajstić information content (AvgIpc) is 2.75. The van der Waals surface area contributed by atoms with Gasteiger partial charge in [0, 0.05) is 17.6 Å². The van der Waals surface area contributed by atoms with E-state index in [-0.39, 0.29) is 11.4 Å². The summed E-state index contributed by atoms with van der Waals surface area (Å²) >= 11 is 3.25. The topological polar surface area (TPSA) is 63.4 Å². The smallest absolute Gasteiger partial charge is 0.244 e. The Morgan fingerprint density at radius 1 is 1.37 bits per heavy atom. The zero-order valence-corrected chi connectivity index (χ0v) is 12.9. The fourth-order valence-electron chi connectivity index (χ4n) is 1.63. The predicted molar refractivity (Wildman–Crippen MR) is 74.0 cm³/mol. The van der Waals surface area contributed by atoms with E-state index in [9.17, 15) is 8.42 Å². The molecular weight excluding hydrogens is 332 g/mol. The van der Waals surface area contributed by atoms with Gasteiger partial charge in [0.25, 0.3) is 0 Å². The first-order valence-electron chi connectivity index (χ1n) is 5.54. The molecule has 0 N–H and O–H groups in total. The molecule has 102 valence electrons. The van der Waals surface area contributed by atoms with Crippen LogP contribution < -0.4 is 0 Å². The molecule has 0 saturated heterocycles. The van der Waals surface area contributed by atoms with E-state index in [0.29, 0.717) is 15.9 Å². The minimum Gasteiger partial charge on any atom is -0.361 e. The minimum atomic E-state index is -3.55. The SMILES string of the molecule is Cc1cc(CN(C)S(=O)(=O)c2ccccc2Br)no1. The van der Waals surface area contributed by atoms with Gasteiger partial charge in [-0.3, -0.25) is 0 Å². The molecule has 2 rings (SSSR count). The van der Waals surface area contributed by atoms with E-state index < -0.39 is 10.0 Å². The highest BCUT2D eigenvalue weighted by Crippen LogP contribution is 2.24. The molecular formula is C12H13BrN2O3S. The fourth-order valence-corrected chi connectivity index (χ4v) is 3.73. The van der Waals surface area contributed by atoms with Crippen LogP contribution in [-0.4, -0.2) is 24.9 Å². The van der Waals surface area contributed by atoms with E-state index in [1.54, 1.807) is 37.3 Å². The maximum atomic E-state index is 12.4. The van der Waals surface area contributed by atoms with E-state index in [2.05, 4.69) is 21.1 Å². The Balaban J connectivity index is 2.27. The molecule has 0 aliphatic carbocycles. The van der Waals surface area contributed by atoms with Gasteiger partial charge in [-0.2, -0.15) is 4.31 Å². The molecule has 1 heterocycles. The monoisotopic (exact) mass is 344 g/mol. The van der Waals surface area contributed by atoms with Gasteiger partial charge in [-0.25, -0.2) is 8.42 Å². The quantitative estimate of drug-likeness (QED) is 0.854. The second-order valence-electron chi connectivity index (χ2n) is 4.12. The Hall–Kier alpha value is -1.18. The predicted octanol–water partition coefficient (Wildman–Crippen LogP) is 2.57. The molecule has 5 nitrogen and oxygen atoms in total. The van der Waals surface area contributed by atoms with Crippen molar-refractivity contribution in [1.29, 1.82) is 0 Å². The van der Waals surface area contributed by atoms with Crippen molar-refractivity contribution in [3.63, 3.8) is 0 Å². The van der Waals surface area contributed by atoms with Gasteiger partial charge in [-0.1, -0.05) is 17.3 Å². The van der Waals surface area contributed by atoms with Crippen LogP contribution in [0.4, 0.5) is 0 Å². The van der Waals surface area contributed by atoms with E-state index in [1.807, 2.05) is 0 Å². The molecule has 1 aromatic heterocycles. The molecule has 0 aliphatic heterocycles. The molecule has 0 fully saturated rings. The summed E-state index contributed by atoms with van der Waals surface area (Å²) in [6, 6.07) is 8.42. The van der Waals surface area contributed by atoms with Crippen molar-refractivity contribution >= 4 is 26.0 Å². The number of hydrogen-bond acceptors (Lipinski definition) is 4. The number of halogens is 1. The number of nitrogens with zero attached hydrogens (tertiary/aromatic N) is 2. The van der Waals surface area contributed by atoms with Gasteiger partial charge in [-0.15, -0.1) is 0 Å². The lowest BCUT2D eigenvalue weighted by Gasteiger charge is -2.16. The summed E-state index contributed by atoms with van der Waals surface area (Å²) in [5.41, 5.74) is 0.579. The van der Waals surface area contributed by atoms with Crippen molar-refractivity contribution in [3.8, 4) is 0 Å². The van der Waals surface area contributed by atoms with E-state index in [4.69, 9.17) is 4.52 Å². The van der Waals surface area contributed by atoms with Gasteiger partial charge in [0.05, 0.1) is 17.1 Å². The minimum absolute atomic E-state index is 0.168. The van der Waals surface area contributed by atoms with Crippen molar-refractivity contribution in [3.05, 3.63) is 46.3 Å². The van der Waals surface area contributed by atoms with Crippen molar-refractivity contribution in [1.82, 2.24) is 9.46 Å². The van der Waals surface area contributed by atoms with Crippen LogP contribution in [-0.2, 0) is 16.6 Å². The third kappa shape index (κ3) is 3.05. The van der Waals surface area contributed by atoms with Gasteiger partial charge in [0.2, 0.25) is 10.0 Å². The summed E-state index contributed by atoms with van der Waals surface area (Å²) in [6.07, 6.45) is 0. The second-order valence-corrected chi connectivity index (χ2v) is 6.99. The number of aryl methyl sites for hydroxylation is 1. The standard InChI is InChI=1S/C12H13BrN2O3S/c1-9-7-10(14-18-9)8-15(2)19(16,17)12-6-4-3-5-11(12)13/h3-7H,8H2,1-2H3. The third-order valence-corrected chi connectivity index (χ3v) is 5.40. The van der Waals surface area contributed by atoms with E-state index in [1.165, 1.54) is 11.4 Å². The van der Waals surface area contributed by atoms with Crippen LogP contribution >= 0.6 is 15.9 Å². The van der Waals surface area contributed by atoms with Crippen LogP contribution in [0.1, 0.15) is 11.5 Å². The number of sulfonamides is 1. The lowest BCUT2D eigenvalue weighted by molar-refractivity contribution is 0.378. The third-order valence-electron chi connectivity index (χ3n) is 2.59. The summed E-state index contributed by atoms with van der Waals surface area (Å²) in [6.45, 7) is 1.93. The Kier molecular flexibility index (Phi) is 4.07. The number of hydrogen-bond donors (Lipinski definition) is 0. The summed E-state index contributed by atoms with van der Waals surface area (Å²) < 4.78 is 31.5. The Morgan fingerprint density at radius 3 is 2.63 bits per heavy atom. The first kappa shape index (κ1) is 14.2. The maximum absolute atomic E-state index is 12.4. The summed E-state index contributed by atoms with van der Waals surface area (Å²) in [5.74, 6) is 0.654. The van der Waals surface area contributed by atoms with Crippen LogP contribution in [0.2, 0.25) is 0 Å². The van der Waals surface area contributed by atoms with Crippen LogP contribution in [0.25, 0.3) is 0 Å². The molecule has 2 aromatic rings. The zero-order chi connectivity index (χ0) is 14.0. The Bertz CT molecular complexity index is 682. The molecule has 0 aliphatic rings. The second kappa shape index (κ2) is 5.44. The molecule has 0 radical (unpaired) electrons. The fraction of sp³-hybridized carbons (Fsp3) is 0.250. The highest BCUT2D eigenvalue weighted by atomic mass is 79.9. The van der Waals surface area contributed by atoms with Crippen molar-refractivity contribution in [2.24, 2.45) is 0 Å². The van der Waals surface area contributed by atoms with Gasteiger partial charge < -0.3 is 4.52 Å². The first-order chi connectivity index (χ1) is 8.91.